The fourth-order valence-electron chi connectivity index (χ4n) is 13.6. The monoisotopic (exact) mass is 1940 g/mol. The molecule has 0 radical (unpaired) electrons. The first kappa shape index (κ1) is 97.9. The fourth-order valence-corrected chi connectivity index (χ4v) is 16.9. The van der Waals surface area contributed by atoms with E-state index in [-0.39, 0.29) is 117 Å². The van der Waals surface area contributed by atoms with E-state index in [1.165, 1.54) is 29.0 Å². The van der Waals surface area contributed by atoms with Gasteiger partial charge in [0, 0.05) is 146 Å². The number of nitrogen functional groups attached to an aromatic ring is 1. The van der Waals surface area contributed by atoms with Crippen LogP contribution in [-0.2, 0) is 52.4 Å². The number of pyridine rings is 6. The second-order valence-electron chi connectivity index (χ2n) is 35.1. The van der Waals surface area contributed by atoms with Crippen LogP contribution >= 0.6 is 44.9 Å². The maximum Gasteiger partial charge on any atom is 0.410 e. The van der Waals surface area contributed by atoms with Crippen LogP contribution in [0.4, 0.5) is 64.7 Å². The summed E-state index contributed by atoms with van der Waals surface area (Å²) in [6.07, 6.45) is 20.5. The zero-order chi connectivity index (χ0) is 93.4. The van der Waals surface area contributed by atoms with Crippen molar-refractivity contribution in [2.24, 2.45) is 23.5 Å². The van der Waals surface area contributed by atoms with Crippen molar-refractivity contribution < 1.29 is 80.6 Å². The molecule has 2 saturated carbocycles. The lowest BCUT2D eigenvalue weighted by Gasteiger charge is -2.41. The van der Waals surface area contributed by atoms with Crippen LogP contribution in [0.5, 0.6) is 0 Å². The van der Waals surface area contributed by atoms with Crippen LogP contribution < -0.4 is 43.4 Å². The Morgan fingerprint density at radius 2 is 0.825 bits per heavy atom. The SMILES string of the molecule is CC(C)(C)OC(=O)N1CC(C2C(=O)Nc3cnccc32)C1.CC(C)(C)OC(=O)N1CC(N)C1.CC(C)(C)OC(=O)N1CC(Nc2ccncc2N)C1.CC(C)(C)OC(=O)N1CC(Nc2ccncc2[N+](=O)[O-])C1.O=C1Nc2cnccc2C1C1CN(S(=O)(=O)C2CC2)C1.O=C1Nc2cnccc2C1C1CNC1.O=S(=O)(Cl)C1CC1.O=[N+]([O-])c1cnccc1Cl.[2H]CI. The number of hydrogen-bond donors (Lipinski definition) is 8. The molecule has 0 aromatic carbocycles. The van der Waals surface area contributed by atoms with Gasteiger partial charge < -0.3 is 81.9 Å². The van der Waals surface area contributed by atoms with Crippen molar-refractivity contribution >= 4 is 152 Å². The van der Waals surface area contributed by atoms with Crippen LogP contribution in [0.25, 0.3) is 0 Å². The van der Waals surface area contributed by atoms with E-state index in [4.69, 9.17) is 54.1 Å². The minimum absolute atomic E-state index is 0.00756. The lowest BCUT2D eigenvalue weighted by molar-refractivity contribution is -0.385. The summed E-state index contributed by atoms with van der Waals surface area (Å²) < 4.78 is 73.2. The maximum absolute atomic E-state index is 12.1. The van der Waals surface area contributed by atoms with Gasteiger partial charge in [-0.05, 0) is 173 Å². The Labute approximate surface area is 755 Å². The Balaban J connectivity index is 0.000000166. The lowest BCUT2D eigenvalue weighted by atomic mass is 9.82. The molecule has 8 fully saturated rings. The van der Waals surface area contributed by atoms with E-state index in [2.05, 4.69) is 61.8 Å². The number of halogens is 3. The first-order chi connectivity index (χ1) is 59.5. The molecule has 11 aliphatic rings. The molecule has 6 aromatic heterocycles. The molecule has 0 spiro atoms. The van der Waals surface area contributed by atoms with Crippen LogP contribution in [0, 0.1) is 38.0 Å². The van der Waals surface area contributed by atoms with Crippen molar-refractivity contribution in [3.63, 3.8) is 0 Å². The zero-order valence-corrected chi connectivity index (χ0v) is 77.2. The molecule has 10 N–H and O–H groups in total. The number of hydrogen-bond acceptors (Lipinski definition) is 30. The van der Waals surface area contributed by atoms with Gasteiger partial charge in [0.25, 0.3) is 0 Å². The standard InChI is InChI=1S/C15H19N3O3.C13H18N4O4.C13H20N4O2.C13H15N3O3S.C10H11N3O.C8H16N2O2.C5H3ClN2O2.C3H5ClO2S.CH3I/c1-15(2,3)21-14(20)18-7-9(8-18)12-10-4-5-16-6-11(10)17-13(12)19;1-13(2,3)21-12(18)16-7-9(8-16)15-10-4-5-14-6-11(10)17(19)20;1-13(2,3)19-12(18)17-7-9(8-17)16-11-4-5-15-6-10(11)14;17-13-12(10-3-4-14-5-11(10)15-13)8-6-16(7-8)20(18,19)9-1-2-9;14-10-9(6-3-12-4-6)7-1-2-11-5-8(7)13-10;1-8(2,3)12-7(11)10-4-6(9)5-10;6-4-1-2-7-3-5(4)8(9)10;4-7(5,6)3-1-2-3;1-2/h4-6,9,12H,7-8H2,1-3H3,(H,17,19);4-6,9H,7-8H2,1-3H3,(H,14,15);4-6,9H,7-8,14H2,1-3H3,(H,15,16);3-5,8-9,12H,1-2,6-7H2,(H,15,17);1-2,5-6,9,12H,3-4H2,(H,13,14);6H,4-5,9H2,1-3H3;1-3H;3H,1-2H2;1H3/i;;;;;;;;1D. The van der Waals surface area contributed by atoms with Gasteiger partial charge in [0.15, 0.2) is 0 Å². The highest BCUT2D eigenvalue weighted by Gasteiger charge is 2.51. The number of aromatic nitrogens is 6. The Kier molecular flexibility index (Phi) is 33.0. The average Bonchev–Trinajstić information content (AvgIpc) is 1.65. The summed E-state index contributed by atoms with van der Waals surface area (Å²) in [6.45, 7) is 29.4. The number of rotatable bonds is 12. The highest BCUT2D eigenvalue weighted by Crippen LogP contribution is 2.45. The van der Waals surface area contributed by atoms with Gasteiger partial charge in [-0.1, -0.05) is 34.2 Å². The number of alkyl halides is 1. The van der Waals surface area contributed by atoms with Crippen LogP contribution in [0.1, 0.15) is 145 Å². The van der Waals surface area contributed by atoms with Gasteiger partial charge in [-0.25, -0.2) is 40.3 Å². The van der Waals surface area contributed by atoms with Gasteiger partial charge in [-0.3, -0.25) is 64.5 Å². The van der Waals surface area contributed by atoms with Gasteiger partial charge in [0.1, 0.15) is 45.5 Å². The predicted molar refractivity (Wildman–Crippen MR) is 481 cm³/mol. The van der Waals surface area contributed by atoms with E-state index in [1.807, 2.05) is 109 Å². The number of nitro groups is 2. The Bertz CT molecular complexity index is 5130. The lowest BCUT2D eigenvalue weighted by Crippen LogP contribution is -2.58. The van der Waals surface area contributed by atoms with E-state index < -0.39 is 51.3 Å². The number of anilines is 6. The summed E-state index contributed by atoms with van der Waals surface area (Å²) >= 11 is 7.39. The second-order valence-corrected chi connectivity index (χ2v) is 40.7. The zero-order valence-electron chi connectivity index (χ0n) is 72.9. The Hall–Kier alpha value is -10.3. The van der Waals surface area contributed by atoms with Gasteiger partial charge in [-0.15, -0.1) is 0 Å². The number of amides is 7. The van der Waals surface area contributed by atoms with Crippen molar-refractivity contribution in [1.82, 2.24) is 59.1 Å². The number of sulfonamides is 1. The molecule has 17 rings (SSSR count). The summed E-state index contributed by atoms with van der Waals surface area (Å²) in [5.74, 6) is 0.356. The number of carbonyl (C=O) groups is 7. The molecular weight excluding hydrogens is 1830 g/mol. The minimum Gasteiger partial charge on any atom is -0.444 e. The highest BCUT2D eigenvalue weighted by atomic mass is 127. The maximum atomic E-state index is 12.1. The van der Waals surface area contributed by atoms with Crippen molar-refractivity contribution in [1.29, 1.82) is 0 Å². The molecule has 9 aliphatic heterocycles. The fraction of sp³-hybridized carbons (Fsp3) is 0.543. The number of nitrogens with two attached hydrogens (primary N) is 2. The molecule has 6 saturated heterocycles. The van der Waals surface area contributed by atoms with E-state index in [0.717, 1.165) is 84.4 Å². The largest absolute Gasteiger partial charge is 0.444 e. The smallest absolute Gasteiger partial charge is 0.410 e. The molecule has 6 aromatic rings. The third-order valence-electron chi connectivity index (χ3n) is 20.2. The Morgan fingerprint density at radius 3 is 1.15 bits per heavy atom. The molecule has 40 nitrogen and oxygen atoms in total. The van der Waals surface area contributed by atoms with Crippen molar-refractivity contribution in [2.75, 3.05) is 116 Å². The predicted octanol–water partition coefficient (Wildman–Crippen LogP) is 10.6. The van der Waals surface area contributed by atoms with Gasteiger partial charge in [0.05, 0.1) is 103 Å². The molecule has 3 atom stereocenters. The third kappa shape index (κ3) is 28.3. The molecular formula is C81H110Cl2IN21O19S2. The second kappa shape index (κ2) is 42.5. The normalized spacial score (nSPS) is 19.6. The summed E-state index contributed by atoms with van der Waals surface area (Å²) in [4.78, 5) is 133. The van der Waals surface area contributed by atoms with Crippen LogP contribution in [0.2, 0.25) is 5.02 Å². The van der Waals surface area contributed by atoms with Crippen LogP contribution in [-0.4, -0.2) is 257 Å². The van der Waals surface area contributed by atoms with Crippen molar-refractivity contribution in [3.8, 4) is 0 Å². The topological polar surface area (TPSA) is 529 Å². The minimum atomic E-state index is -3.16. The molecule has 126 heavy (non-hydrogen) atoms. The number of nitrogens with zero attached hydrogens (tertiary/aromatic N) is 13. The summed E-state index contributed by atoms with van der Waals surface area (Å²) in [7, 11) is -1.35. The first-order valence-electron chi connectivity index (χ1n) is 41.2. The van der Waals surface area contributed by atoms with Gasteiger partial charge in [0.2, 0.25) is 36.8 Å². The number of ether oxygens (including phenoxy) is 4. The van der Waals surface area contributed by atoms with Gasteiger partial charge in [-0.2, -0.15) is 0 Å². The van der Waals surface area contributed by atoms with E-state index in [1.54, 1.807) is 96.0 Å². The molecule has 2 aliphatic carbocycles. The summed E-state index contributed by atoms with van der Waals surface area (Å²) in [6, 6.07) is 10.7. The number of carbonyl (C=O) groups excluding carboxylic acids is 7. The summed E-state index contributed by atoms with van der Waals surface area (Å²) in [5.41, 5.74) is 16.5. The molecule has 0 bridgehead atoms. The highest BCUT2D eigenvalue weighted by molar-refractivity contribution is 14.1. The molecule has 3 unspecified atom stereocenters. The summed E-state index contributed by atoms with van der Waals surface area (Å²) in [5, 5.41) is 38.8. The van der Waals surface area contributed by atoms with Crippen LogP contribution in [0.3, 0.4) is 0 Å². The Morgan fingerprint density at radius 1 is 0.500 bits per heavy atom. The molecule has 45 heteroatoms. The van der Waals surface area contributed by atoms with Crippen molar-refractivity contribution in [2.45, 2.75) is 178 Å². The number of nitrogens with one attached hydrogen (secondary N) is 6. The molecule has 15 heterocycles. The van der Waals surface area contributed by atoms with E-state index in [0.29, 0.717) is 87.6 Å². The first-order valence-corrected chi connectivity index (χ1v) is 46.2. The molecule has 7 amide bonds. The molecule has 686 valence electrons. The van der Waals surface area contributed by atoms with Gasteiger partial charge >= 0.3 is 35.7 Å². The average molecular weight is 1940 g/mol. The van der Waals surface area contributed by atoms with E-state index in [9.17, 15) is 70.6 Å². The quantitative estimate of drug-likeness (QED) is 0.0141. The van der Waals surface area contributed by atoms with E-state index >= 15 is 0 Å². The van der Waals surface area contributed by atoms with Crippen molar-refractivity contribution in [3.05, 3.63) is 153 Å². The number of fused-ring (bicyclic) bond motifs is 3. The third-order valence-corrected chi connectivity index (χ3v) is 24.9. The van der Waals surface area contributed by atoms with Crippen LogP contribution in [0.15, 0.2) is 111 Å². The number of likely N-dealkylation sites (tertiary alicyclic amines) is 4.